The topological polar surface area (TPSA) is 33.2 Å². The molecule has 0 spiro atoms. The minimum atomic E-state index is 0.368. The molecule has 3 heteroatoms. The molecule has 0 amide bonds. The van der Waals surface area contributed by atoms with Crippen molar-refractivity contribution in [2.75, 3.05) is 18.0 Å². The number of carbonyl (C=O) groups excluding carboxylic acids is 1. The molecule has 0 saturated carbocycles. The number of unbranched alkanes of at least 4 members (excludes halogenated alkanes) is 1. The van der Waals surface area contributed by atoms with Crippen LogP contribution in [-0.4, -0.2) is 23.9 Å². The lowest BCUT2D eigenvalue weighted by Gasteiger charge is -2.35. The highest BCUT2D eigenvalue weighted by molar-refractivity contribution is 5.78. The normalized spacial score (nSPS) is 15.1. The molecular formula is C24H32N2O. The summed E-state index contributed by atoms with van der Waals surface area (Å²) >= 11 is 0. The van der Waals surface area contributed by atoms with E-state index in [2.05, 4.69) is 60.1 Å². The summed E-state index contributed by atoms with van der Waals surface area (Å²) in [7, 11) is 0. The summed E-state index contributed by atoms with van der Waals surface area (Å²) < 4.78 is 0. The lowest BCUT2D eigenvalue weighted by molar-refractivity contribution is -0.119. The molecule has 2 aromatic rings. The minimum Gasteiger partial charge on any atom is -0.371 e. The van der Waals surface area contributed by atoms with Crippen LogP contribution in [0.4, 0.5) is 5.69 Å². The maximum atomic E-state index is 12.0. The average Bonchev–Trinajstić information content (AvgIpc) is 2.72. The van der Waals surface area contributed by atoms with Crippen molar-refractivity contribution in [1.82, 2.24) is 4.98 Å². The van der Waals surface area contributed by atoms with Crippen molar-refractivity contribution in [3.63, 3.8) is 0 Å². The zero-order chi connectivity index (χ0) is 19.1. The van der Waals surface area contributed by atoms with Gasteiger partial charge in [0.25, 0.3) is 0 Å². The summed E-state index contributed by atoms with van der Waals surface area (Å²) in [5.41, 5.74) is 5.10. The Morgan fingerprint density at radius 3 is 2.56 bits per heavy atom. The Morgan fingerprint density at radius 2 is 1.85 bits per heavy atom. The third kappa shape index (κ3) is 5.18. The van der Waals surface area contributed by atoms with Gasteiger partial charge in [-0.3, -0.25) is 9.78 Å². The summed E-state index contributed by atoms with van der Waals surface area (Å²) in [6.45, 7) is 6.46. The fourth-order valence-electron chi connectivity index (χ4n) is 4.10. The van der Waals surface area contributed by atoms with Crippen molar-refractivity contribution in [1.29, 1.82) is 0 Å². The van der Waals surface area contributed by atoms with Crippen LogP contribution >= 0.6 is 0 Å². The van der Waals surface area contributed by atoms with E-state index in [0.29, 0.717) is 24.5 Å². The van der Waals surface area contributed by atoms with E-state index in [-0.39, 0.29) is 0 Å². The van der Waals surface area contributed by atoms with E-state index in [0.717, 1.165) is 38.0 Å². The van der Waals surface area contributed by atoms with Gasteiger partial charge in [-0.2, -0.15) is 0 Å². The predicted octanol–water partition coefficient (Wildman–Crippen LogP) is 5.47. The Labute approximate surface area is 163 Å². The second-order valence-corrected chi connectivity index (χ2v) is 7.72. The summed E-state index contributed by atoms with van der Waals surface area (Å²) in [4.78, 5) is 19.1. The molecule has 0 radical (unpaired) electrons. The van der Waals surface area contributed by atoms with Crippen molar-refractivity contribution in [2.45, 2.75) is 64.7 Å². The Morgan fingerprint density at radius 1 is 1.11 bits per heavy atom. The van der Waals surface area contributed by atoms with Gasteiger partial charge in [0, 0.05) is 43.5 Å². The summed E-state index contributed by atoms with van der Waals surface area (Å²) in [6.07, 6.45) is 8.47. The van der Waals surface area contributed by atoms with E-state index >= 15 is 0 Å². The molecule has 0 atom stereocenters. The number of piperidine rings is 1. The SMILES string of the molecule is CCCCC(=O)CCc1nccc(N2CCC(c3ccccc3)CC2)c1C. The molecule has 0 N–H and O–H groups in total. The van der Waals surface area contributed by atoms with Crippen LogP contribution in [0.25, 0.3) is 0 Å². The van der Waals surface area contributed by atoms with E-state index in [9.17, 15) is 4.79 Å². The van der Waals surface area contributed by atoms with E-state index in [1.54, 1.807) is 0 Å². The van der Waals surface area contributed by atoms with Crippen LogP contribution < -0.4 is 4.90 Å². The van der Waals surface area contributed by atoms with Gasteiger partial charge < -0.3 is 4.90 Å². The highest BCUT2D eigenvalue weighted by atomic mass is 16.1. The molecule has 0 bridgehead atoms. The van der Waals surface area contributed by atoms with Crippen LogP contribution in [-0.2, 0) is 11.2 Å². The lowest BCUT2D eigenvalue weighted by atomic mass is 9.89. The molecule has 144 valence electrons. The van der Waals surface area contributed by atoms with Crippen molar-refractivity contribution in [2.24, 2.45) is 0 Å². The maximum Gasteiger partial charge on any atom is 0.133 e. The summed E-state index contributed by atoms with van der Waals surface area (Å²) in [6, 6.07) is 13.0. The summed E-state index contributed by atoms with van der Waals surface area (Å²) in [5.74, 6) is 1.03. The number of nitrogens with zero attached hydrogens (tertiary/aromatic N) is 2. The average molecular weight is 365 g/mol. The number of anilines is 1. The Kier molecular flexibility index (Phi) is 7.03. The van der Waals surface area contributed by atoms with Crippen molar-refractivity contribution in [3.8, 4) is 0 Å². The number of rotatable bonds is 8. The molecular weight excluding hydrogens is 332 g/mol. The third-order valence-electron chi connectivity index (χ3n) is 5.84. The van der Waals surface area contributed by atoms with Crippen molar-refractivity contribution < 1.29 is 4.79 Å². The number of hydrogen-bond acceptors (Lipinski definition) is 3. The molecule has 3 nitrogen and oxygen atoms in total. The quantitative estimate of drug-likeness (QED) is 0.623. The first kappa shape index (κ1) is 19.6. The number of hydrogen-bond donors (Lipinski definition) is 0. The molecule has 1 aromatic carbocycles. The van der Waals surface area contributed by atoms with E-state index < -0.39 is 0 Å². The van der Waals surface area contributed by atoms with Crippen LogP contribution in [0, 0.1) is 6.92 Å². The molecule has 27 heavy (non-hydrogen) atoms. The number of benzene rings is 1. The van der Waals surface area contributed by atoms with Crippen molar-refractivity contribution >= 4 is 11.5 Å². The molecule has 1 aliphatic rings. The number of carbonyl (C=O) groups is 1. The van der Waals surface area contributed by atoms with Crippen LogP contribution in [0.2, 0.25) is 0 Å². The monoisotopic (exact) mass is 364 g/mol. The molecule has 0 aliphatic carbocycles. The van der Waals surface area contributed by atoms with E-state index in [1.165, 1.54) is 29.7 Å². The van der Waals surface area contributed by atoms with Crippen LogP contribution in [0.15, 0.2) is 42.6 Å². The lowest BCUT2D eigenvalue weighted by Crippen LogP contribution is -2.33. The first-order valence-corrected chi connectivity index (χ1v) is 10.4. The third-order valence-corrected chi connectivity index (χ3v) is 5.84. The molecule has 2 heterocycles. The largest absolute Gasteiger partial charge is 0.371 e. The number of aryl methyl sites for hydroxylation is 1. The minimum absolute atomic E-state index is 0.368. The number of ketones is 1. The second kappa shape index (κ2) is 9.68. The second-order valence-electron chi connectivity index (χ2n) is 7.72. The fraction of sp³-hybridized carbons (Fsp3) is 0.500. The number of pyridine rings is 1. The van der Waals surface area contributed by atoms with Gasteiger partial charge >= 0.3 is 0 Å². The molecule has 1 fully saturated rings. The van der Waals surface area contributed by atoms with Gasteiger partial charge in [-0.1, -0.05) is 43.7 Å². The highest BCUT2D eigenvalue weighted by Crippen LogP contribution is 2.32. The van der Waals surface area contributed by atoms with Gasteiger partial charge in [0.15, 0.2) is 0 Å². The first-order valence-electron chi connectivity index (χ1n) is 10.4. The smallest absolute Gasteiger partial charge is 0.133 e. The van der Waals surface area contributed by atoms with Gasteiger partial charge in [0.1, 0.15) is 5.78 Å². The van der Waals surface area contributed by atoms with Gasteiger partial charge in [-0.15, -0.1) is 0 Å². The number of aromatic nitrogens is 1. The first-order chi connectivity index (χ1) is 13.2. The van der Waals surface area contributed by atoms with Gasteiger partial charge in [-0.05, 0) is 55.7 Å². The van der Waals surface area contributed by atoms with Crippen LogP contribution in [0.5, 0.6) is 0 Å². The summed E-state index contributed by atoms with van der Waals surface area (Å²) in [5, 5.41) is 0. The zero-order valence-electron chi connectivity index (χ0n) is 16.8. The standard InChI is InChI=1S/C24H32N2O/c1-3-4-10-22(27)11-12-23-19(2)24(13-16-25-23)26-17-14-21(15-18-26)20-8-6-5-7-9-20/h5-9,13,16,21H,3-4,10-12,14-15,17-18H2,1-2H3. The van der Waals surface area contributed by atoms with Gasteiger partial charge in [-0.25, -0.2) is 0 Å². The van der Waals surface area contributed by atoms with E-state index in [1.807, 2.05) is 6.20 Å². The molecule has 3 rings (SSSR count). The van der Waals surface area contributed by atoms with Crippen molar-refractivity contribution in [3.05, 3.63) is 59.4 Å². The van der Waals surface area contributed by atoms with E-state index in [4.69, 9.17) is 0 Å². The van der Waals surface area contributed by atoms with Gasteiger partial charge in [0.05, 0.1) is 0 Å². The maximum absolute atomic E-state index is 12.0. The molecule has 1 saturated heterocycles. The van der Waals surface area contributed by atoms with Crippen LogP contribution in [0.3, 0.4) is 0 Å². The highest BCUT2D eigenvalue weighted by Gasteiger charge is 2.22. The zero-order valence-corrected chi connectivity index (χ0v) is 16.8. The fourth-order valence-corrected chi connectivity index (χ4v) is 4.10. The predicted molar refractivity (Wildman–Crippen MR) is 112 cm³/mol. The van der Waals surface area contributed by atoms with Gasteiger partial charge in [0.2, 0.25) is 0 Å². The Hall–Kier alpha value is -2.16. The Bertz CT molecular complexity index is 733. The number of Topliss-reactive ketones (excluding diaryl/α,β-unsaturated/α-hetero) is 1. The molecule has 1 aromatic heterocycles. The molecule has 1 aliphatic heterocycles. The molecule has 0 unspecified atom stereocenters. The Balaban J connectivity index is 1.60. The van der Waals surface area contributed by atoms with Crippen LogP contribution in [0.1, 0.15) is 68.2 Å².